The molecule has 0 spiro atoms. The highest BCUT2D eigenvalue weighted by atomic mass is 35.5. The van der Waals surface area contributed by atoms with Gasteiger partial charge in [-0.15, -0.1) is 0 Å². The topological polar surface area (TPSA) is 99.9 Å². The van der Waals surface area contributed by atoms with Gasteiger partial charge < -0.3 is 30.9 Å². The molecule has 0 aliphatic carbocycles. The normalized spacial score (nSPS) is 15.5. The molecule has 1 aliphatic rings. The molecule has 36 heavy (non-hydrogen) atoms. The zero-order valence-corrected chi connectivity index (χ0v) is 22.3. The fraction of sp³-hybridized carbons (Fsp3) is 0.462. The first-order chi connectivity index (χ1) is 17.3. The van der Waals surface area contributed by atoms with Gasteiger partial charge in [-0.2, -0.15) is 0 Å². The SMILES string of the molecule is COCC(C)NCc1ccccc1N1CCN(C(=O)CC(NC(=O)CN)c2ccc(Cl)cc2Cl)CC1. The maximum absolute atomic E-state index is 13.2. The Hall–Kier alpha value is -2.36. The number of hydrogen-bond donors (Lipinski definition) is 3. The molecular weight excluding hydrogens is 501 g/mol. The molecule has 0 saturated carbocycles. The van der Waals surface area contributed by atoms with Crippen LogP contribution >= 0.6 is 23.2 Å². The van der Waals surface area contributed by atoms with E-state index < -0.39 is 6.04 Å². The van der Waals surface area contributed by atoms with Crippen molar-refractivity contribution in [1.82, 2.24) is 15.5 Å². The number of nitrogens with one attached hydrogen (secondary N) is 2. The quantitative estimate of drug-likeness (QED) is 0.409. The molecule has 3 rings (SSSR count). The average molecular weight is 537 g/mol. The number of ether oxygens (including phenoxy) is 1. The van der Waals surface area contributed by atoms with E-state index in [-0.39, 0.29) is 30.8 Å². The molecule has 1 heterocycles. The van der Waals surface area contributed by atoms with Crippen LogP contribution in [0, 0.1) is 0 Å². The average Bonchev–Trinajstić information content (AvgIpc) is 2.87. The zero-order chi connectivity index (χ0) is 26.1. The summed E-state index contributed by atoms with van der Waals surface area (Å²) < 4.78 is 5.21. The van der Waals surface area contributed by atoms with Crippen LogP contribution in [-0.4, -0.2) is 69.2 Å². The number of para-hydroxylation sites is 1. The third-order valence-electron chi connectivity index (χ3n) is 6.26. The van der Waals surface area contributed by atoms with Crippen molar-refractivity contribution in [3.8, 4) is 0 Å². The predicted molar refractivity (Wildman–Crippen MR) is 144 cm³/mol. The Morgan fingerprint density at radius 2 is 1.83 bits per heavy atom. The second-order valence-corrected chi connectivity index (χ2v) is 9.77. The van der Waals surface area contributed by atoms with Crippen molar-refractivity contribution in [3.63, 3.8) is 0 Å². The lowest BCUT2D eigenvalue weighted by Gasteiger charge is -2.37. The zero-order valence-electron chi connectivity index (χ0n) is 20.8. The third kappa shape index (κ3) is 7.82. The number of halogens is 2. The van der Waals surface area contributed by atoms with E-state index in [0.29, 0.717) is 35.3 Å². The minimum atomic E-state index is -0.586. The van der Waals surface area contributed by atoms with Crippen LogP contribution < -0.4 is 21.3 Å². The van der Waals surface area contributed by atoms with Gasteiger partial charge in [-0.05, 0) is 36.2 Å². The fourth-order valence-electron chi connectivity index (χ4n) is 4.34. The smallest absolute Gasteiger partial charge is 0.234 e. The third-order valence-corrected chi connectivity index (χ3v) is 6.82. The molecule has 0 aromatic heterocycles. The minimum absolute atomic E-state index is 0.0497. The van der Waals surface area contributed by atoms with E-state index in [9.17, 15) is 9.59 Å². The lowest BCUT2D eigenvalue weighted by molar-refractivity contribution is -0.132. The van der Waals surface area contributed by atoms with Crippen molar-refractivity contribution in [1.29, 1.82) is 0 Å². The maximum atomic E-state index is 13.2. The number of carbonyl (C=O) groups is 2. The van der Waals surface area contributed by atoms with E-state index in [1.165, 1.54) is 11.3 Å². The number of benzene rings is 2. The molecule has 1 aliphatic heterocycles. The number of nitrogens with two attached hydrogens (primary N) is 1. The molecule has 0 bridgehead atoms. The molecule has 2 aromatic carbocycles. The van der Waals surface area contributed by atoms with Crippen molar-refractivity contribution in [2.75, 3.05) is 51.3 Å². The maximum Gasteiger partial charge on any atom is 0.234 e. The van der Waals surface area contributed by atoms with Gasteiger partial charge in [0.15, 0.2) is 0 Å². The highest BCUT2D eigenvalue weighted by Crippen LogP contribution is 2.29. The molecule has 4 N–H and O–H groups in total. The second-order valence-electron chi connectivity index (χ2n) is 8.93. The van der Waals surface area contributed by atoms with Crippen LogP contribution in [0.3, 0.4) is 0 Å². The standard InChI is InChI=1S/C26H35Cl2N5O3/c1-18(17-36-2)30-16-19-5-3-4-6-24(19)32-9-11-33(12-10-32)26(35)14-23(31-25(34)15-29)21-8-7-20(27)13-22(21)28/h3-8,13,18,23,30H,9-12,14-17,29H2,1-2H3,(H,31,34). The van der Waals surface area contributed by atoms with Crippen molar-refractivity contribution in [3.05, 3.63) is 63.6 Å². The molecular formula is C26H35Cl2N5O3. The Morgan fingerprint density at radius 1 is 1.11 bits per heavy atom. The first-order valence-corrected chi connectivity index (χ1v) is 12.8. The summed E-state index contributed by atoms with van der Waals surface area (Å²) in [6.45, 7) is 5.93. The first kappa shape index (κ1) is 28.2. The van der Waals surface area contributed by atoms with E-state index in [1.807, 2.05) is 17.0 Å². The number of methoxy groups -OCH3 is 1. The van der Waals surface area contributed by atoms with Gasteiger partial charge in [0.1, 0.15) is 0 Å². The van der Waals surface area contributed by atoms with Crippen LogP contribution in [0.2, 0.25) is 10.0 Å². The number of hydrogen-bond acceptors (Lipinski definition) is 6. The molecule has 1 fully saturated rings. The summed E-state index contributed by atoms with van der Waals surface area (Å²) in [6.07, 6.45) is 0.0883. The Kier molecular flexibility index (Phi) is 10.8. The highest BCUT2D eigenvalue weighted by Gasteiger charge is 2.27. The lowest BCUT2D eigenvalue weighted by Crippen LogP contribution is -2.50. The molecule has 2 amide bonds. The number of amides is 2. The Labute approximate surface area is 223 Å². The van der Waals surface area contributed by atoms with E-state index in [1.54, 1.807) is 25.3 Å². The summed E-state index contributed by atoms with van der Waals surface area (Å²) in [7, 11) is 1.70. The summed E-state index contributed by atoms with van der Waals surface area (Å²) in [4.78, 5) is 29.4. The summed E-state index contributed by atoms with van der Waals surface area (Å²) in [5, 5.41) is 7.20. The molecule has 0 radical (unpaired) electrons. The van der Waals surface area contributed by atoms with Crippen molar-refractivity contribution in [2.45, 2.75) is 32.0 Å². The monoisotopic (exact) mass is 535 g/mol. The summed E-state index contributed by atoms with van der Waals surface area (Å²) in [5.74, 6) is -0.403. The predicted octanol–water partition coefficient (Wildman–Crippen LogP) is 2.97. The van der Waals surface area contributed by atoms with E-state index >= 15 is 0 Å². The van der Waals surface area contributed by atoms with Crippen LogP contribution in [0.25, 0.3) is 0 Å². The molecule has 196 valence electrons. The van der Waals surface area contributed by atoms with Crippen LogP contribution in [0.15, 0.2) is 42.5 Å². The Balaban J connectivity index is 1.63. The second kappa shape index (κ2) is 13.8. The van der Waals surface area contributed by atoms with Gasteiger partial charge in [0.2, 0.25) is 11.8 Å². The Bertz CT molecular complexity index is 1030. The number of piperazine rings is 1. The van der Waals surface area contributed by atoms with E-state index in [0.717, 1.165) is 19.6 Å². The van der Waals surface area contributed by atoms with Gasteiger partial charge in [-0.1, -0.05) is 47.5 Å². The minimum Gasteiger partial charge on any atom is -0.383 e. The molecule has 2 unspecified atom stereocenters. The number of rotatable bonds is 11. The summed E-state index contributed by atoms with van der Waals surface area (Å²) >= 11 is 12.4. The van der Waals surface area contributed by atoms with Gasteiger partial charge >= 0.3 is 0 Å². The van der Waals surface area contributed by atoms with Crippen molar-refractivity contribution >= 4 is 40.7 Å². The lowest BCUT2D eigenvalue weighted by atomic mass is 10.0. The first-order valence-electron chi connectivity index (χ1n) is 12.1. The van der Waals surface area contributed by atoms with Gasteiger partial charge in [0, 0.05) is 61.6 Å². The van der Waals surface area contributed by atoms with Crippen LogP contribution in [0.4, 0.5) is 5.69 Å². The summed E-state index contributed by atoms with van der Waals surface area (Å²) in [5.41, 5.74) is 8.51. The largest absolute Gasteiger partial charge is 0.383 e. The highest BCUT2D eigenvalue weighted by molar-refractivity contribution is 6.35. The van der Waals surface area contributed by atoms with E-state index in [4.69, 9.17) is 33.7 Å². The van der Waals surface area contributed by atoms with E-state index in [2.05, 4.69) is 34.6 Å². The van der Waals surface area contributed by atoms with Crippen LogP contribution in [0.1, 0.15) is 30.5 Å². The molecule has 10 heteroatoms. The number of carbonyl (C=O) groups excluding carboxylic acids is 2. The van der Waals surface area contributed by atoms with Gasteiger partial charge in [0.05, 0.1) is 25.6 Å². The summed E-state index contributed by atoms with van der Waals surface area (Å²) in [6, 6.07) is 13.0. The van der Waals surface area contributed by atoms with Crippen LogP contribution in [0.5, 0.6) is 0 Å². The molecule has 8 nitrogen and oxygen atoms in total. The molecule has 2 atom stereocenters. The van der Waals surface area contributed by atoms with Crippen LogP contribution in [-0.2, 0) is 20.9 Å². The van der Waals surface area contributed by atoms with Gasteiger partial charge in [-0.25, -0.2) is 0 Å². The molecule has 2 aromatic rings. The van der Waals surface area contributed by atoms with Gasteiger partial charge in [-0.3, -0.25) is 9.59 Å². The Morgan fingerprint density at radius 3 is 2.50 bits per heavy atom. The van der Waals surface area contributed by atoms with Gasteiger partial charge in [0.25, 0.3) is 0 Å². The number of nitrogens with zero attached hydrogens (tertiary/aromatic N) is 2. The van der Waals surface area contributed by atoms with Crippen molar-refractivity contribution < 1.29 is 14.3 Å². The van der Waals surface area contributed by atoms with Crippen molar-refractivity contribution in [2.24, 2.45) is 5.73 Å². The molecule has 1 saturated heterocycles. The number of anilines is 1. The fourth-order valence-corrected chi connectivity index (χ4v) is 4.88.